The van der Waals surface area contributed by atoms with E-state index in [4.69, 9.17) is 9.84 Å². The molecule has 6 nitrogen and oxygen atoms in total. The third-order valence-electron chi connectivity index (χ3n) is 2.87. The predicted octanol–water partition coefficient (Wildman–Crippen LogP) is 2.16. The molecule has 0 saturated carbocycles. The molecule has 0 bridgehead atoms. The molecule has 0 spiro atoms. The zero-order valence-corrected chi connectivity index (χ0v) is 11.8. The van der Waals surface area contributed by atoms with Crippen LogP contribution in [0.4, 0.5) is 0 Å². The minimum Gasteiger partial charge on any atom is -0.504 e. The van der Waals surface area contributed by atoms with Crippen LogP contribution in [0.5, 0.6) is 11.5 Å². The lowest BCUT2D eigenvalue weighted by atomic mass is 10.1. The number of methoxy groups -OCH3 is 1. The Morgan fingerprint density at radius 1 is 1.38 bits per heavy atom. The van der Waals surface area contributed by atoms with E-state index in [0.29, 0.717) is 11.4 Å². The van der Waals surface area contributed by atoms with Gasteiger partial charge < -0.3 is 14.9 Å². The van der Waals surface area contributed by atoms with Crippen molar-refractivity contribution in [1.82, 2.24) is 9.78 Å². The zero-order chi connectivity index (χ0) is 15.4. The Morgan fingerprint density at radius 3 is 2.81 bits per heavy atom. The van der Waals surface area contributed by atoms with E-state index in [1.54, 1.807) is 37.3 Å². The number of phenols is 1. The Bertz CT molecular complexity index is 689. The Balaban J connectivity index is 2.27. The summed E-state index contributed by atoms with van der Waals surface area (Å²) in [6, 6.07) is 6.77. The Morgan fingerprint density at radius 2 is 2.14 bits per heavy atom. The first-order valence-corrected chi connectivity index (χ1v) is 6.31. The van der Waals surface area contributed by atoms with Crippen LogP contribution in [-0.4, -0.2) is 33.1 Å². The SMILES string of the molecule is COc1cc(C=Cc2cc(C)nn2CC(=O)O)ccc1O. The molecule has 1 heterocycles. The van der Waals surface area contributed by atoms with Crippen molar-refractivity contribution in [1.29, 1.82) is 0 Å². The van der Waals surface area contributed by atoms with Crippen LogP contribution in [0.1, 0.15) is 17.0 Å². The van der Waals surface area contributed by atoms with Crippen LogP contribution in [-0.2, 0) is 11.3 Å². The van der Waals surface area contributed by atoms with Crippen LogP contribution in [0.25, 0.3) is 12.2 Å². The van der Waals surface area contributed by atoms with Crippen molar-refractivity contribution in [2.45, 2.75) is 13.5 Å². The normalized spacial score (nSPS) is 11.0. The summed E-state index contributed by atoms with van der Waals surface area (Å²) in [4.78, 5) is 10.8. The molecule has 2 N–H and O–H groups in total. The summed E-state index contributed by atoms with van der Waals surface area (Å²) in [5, 5.41) is 22.5. The maximum atomic E-state index is 10.8. The molecule has 0 aliphatic rings. The van der Waals surface area contributed by atoms with Gasteiger partial charge in [0.2, 0.25) is 0 Å². The van der Waals surface area contributed by atoms with Gasteiger partial charge in [0.05, 0.1) is 18.5 Å². The summed E-state index contributed by atoms with van der Waals surface area (Å²) in [5.74, 6) is -0.493. The van der Waals surface area contributed by atoms with E-state index in [2.05, 4.69) is 5.10 Å². The number of hydrogen-bond donors (Lipinski definition) is 2. The lowest BCUT2D eigenvalue weighted by Crippen LogP contribution is -2.11. The van der Waals surface area contributed by atoms with Crippen LogP contribution >= 0.6 is 0 Å². The summed E-state index contributed by atoms with van der Waals surface area (Å²) < 4.78 is 6.46. The first kappa shape index (κ1) is 14.6. The number of aliphatic carboxylic acids is 1. The summed E-state index contributed by atoms with van der Waals surface area (Å²) in [7, 11) is 1.48. The number of aromatic nitrogens is 2. The molecule has 2 aromatic rings. The Hall–Kier alpha value is -2.76. The molecular formula is C15H16N2O4. The van der Waals surface area contributed by atoms with Crippen LogP contribution in [0, 0.1) is 6.92 Å². The standard InChI is InChI=1S/C15H16N2O4/c1-10-7-12(17(16-10)9-15(19)20)5-3-11-4-6-13(18)14(8-11)21-2/h3-8,18H,9H2,1-2H3,(H,19,20). The maximum absolute atomic E-state index is 10.8. The topological polar surface area (TPSA) is 84.6 Å². The number of benzene rings is 1. The van der Waals surface area contributed by atoms with Gasteiger partial charge in [-0.05, 0) is 36.8 Å². The van der Waals surface area contributed by atoms with E-state index in [-0.39, 0.29) is 12.3 Å². The molecule has 2 rings (SSSR count). The second kappa shape index (κ2) is 6.13. The van der Waals surface area contributed by atoms with Crippen molar-refractivity contribution in [3.8, 4) is 11.5 Å². The van der Waals surface area contributed by atoms with Crippen LogP contribution < -0.4 is 4.74 Å². The minimum absolute atomic E-state index is 0.0708. The molecule has 1 aromatic heterocycles. The smallest absolute Gasteiger partial charge is 0.325 e. The molecule has 0 atom stereocenters. The number of carbonyl (C=O) groups is 1. The summed E-state index contributed by atoms with van der Waals surface area (Å²) in [5.41, 5.74) is 2.27. The fraction of sp³-hybridized carbons (Fsp3) is 0.200. The highest BCUT2D eigenvalue weighted by Gasteiger charge is 2.06. The van der Waals surface area contributed by atoms with Gasteiger partial charge in [0.15, 0.2) is 11.5 Å². The Kier molecular flexibility index (Phi) is 4.27. The molecule has 0 aliphatic carbocycles. The van der Waals surface area contributed by atoms with Crippen LogP contribution in [0.15, 0.2) is 24.3 Å². The highest BCUT2D eigenvalue weighted by molar-refractivity contribution is 5.71. The maximum Gasteiger partial charge on any atom is 0.325 e. The van der Waals surface area contributed by atoms with Gasteiger partial charge in [-0.2, -0.15) is 5.10 Å². The lowest BCUT2D eigenvalue weighted by Gasteiger charge is -2.04. The fourth-order valence-corrected chi connectivity index (χ4v) is 1.93. The van der Waals surface area contributed by atoms with Gasteiger partial charge in [-0.25, -0.2) is 0 Å². The molecule has 110 valence electrons. The molecule has 6 heteroatoms. The Labute approximate surface area is 121 Å². The molecule has 0 saturated heterocycles. The van der Waals surface area contributed by atoms with E-state index in [1.807, 2.05) is 0 Å². The van der Waals surface area contributed by atoms with Crippen molar-refractivity contribution in [2.24, 2.45) is 0 Å². The van der Waals surface area contributed by atoms with Crippen molar-refractivity contribution in [3.63, 3.8) is 0 Å². The van der Waals surface area contributed by atoms with E-state index in [0.717, 1.165) is 11.3 Å². The monoisotopic (exact) mass is 288 g/mol. The first-order valence-electron chi connectivity index (χ1n) is 6.31. The highest BCUT2D eigenvalue weighted by atomic mass is 16.5. The zero-order valence-electron chi connectivity index (χ0n) is 11.8. The van der Waals surface area contributed by atoms with Crippen LogP contribution in [0.3, 0.4) is 0 Å². The number of aromatic hydroxyl groups is 1. The number of rotatable bonds is 5. The molecular weight excluding hydrogens is 272 g/mol. The molecule has 1 aromatic carbocycles. The van der Waals surface area contributed by atoms with E-state index in [1.165, 1.54) is 17.9 Å². The average molecular weight is 288 g/mol. The van der Waals surface area contributed by atoms with Crippen molar-refractivity contribution in [3.05, 3.63) is 41.2 Å². The molecule has 0 radical (unpaired) electrons. The van der Waals surface area contributed by atoms with Gasteiger partial charge in [0.25, 0.3) is 0 Å². The second-order valence-corrected chi connectivity index (χ2v) is 4.53. The van der Waals surface area contributed by atoms with Gasteiger partial charge in [-0.1, -0.05) is 12.1 Å². The number of nitrogens with zero attached hydrogens (tertiary/aromatic N) is 2. The molecule has 0 aliphatic heterocycles. The number of carboxylic acid groups (broad SMARTS) is 1. The van der Waals surface area contributed by atoms with Crippen molar-refractivity contribution >= 4 is 18.1 Å². The summed E-state index contributed by atoms with van der Waals surface area (Å²) in [6.45, 7) is 1.62. The first-order chi connectivity index (χ1) is 9.99. The fourth-order valence-electron chi connectivity index (χ4n) is 1.93. The van der Waals surface area contributed by atoms with E-state index in [9.17, 15) is 9.90 Å². The largest absolute Gasteiger partial charge is 0.504 e. The van der Waals surface area contributed by atoms with Crippen LogP contribution in [0.2, 0.25) is 0 Å². The molecule has 0 unspecified atom stereocenters. The lowest BCUT2D eigenvalue weighted by molar-refractivity contribution is -0.137. The number of ether oxygens (including phenoxy) is 1. The number of phenolic OH excluding ortho intramolecular Hbond substituents is 1. The molecule has 0 amide bonds. The molecule has 0 fully saturated rings. The molecule has 21 heavy (non-hydrogen) atoms. The van der Waals surface area contributed by atoms with Gasteiger partial charge >= 0.3 is 5.97 Å². The number of hydrogen-bond acceptors (Lipinski definition) is 4. The summed E-state index contributed by atoms with van der Waals surface area (Å²) in [6.07, 6.45) is 3.57. The third-order valence-corrected chi connectivity index (χ3v) is 2.87. The average Bonchev–Trinajstić information content (AvgIpc) is 2.77. The van der Waals surface area contributed by atoms with Gasteiger partial charge in [0.1, 0.15) is 6.54 Å². The second-order valence-electron chi connectivity index (χ2n) is 4.53. The van der Waals surface area contributed by atoms with E-state index >= 15 is 0 Å². The quantitative estimate of drug-likeness (QED) is 0.880. The van der Waals surface area contributed by atoms with Crippen molar-refractivity contribution in [2.75, 3.05) is 7.11 Å². The van der Waals surface area contributed by atoms with E-state index < -0.39 is 5.97 Å². The van der Waals surface area contributed by atoms with Crippen molar-refractivity contribution < 1.29 is 19.7 Å². The predicted molar refractivity (Wildman–Crippen MR) is 78.2 cm³/mol. The number of carboxylic acids is 1. The summed E-state index contributed by atoms with van der Waals surface area (Å²) >= 11 is 0. The van der Waals surface area contributed by atoms with Gasteiger partial charge in [0, 0.05) is 0 Å². The number of aryl methyl sites for hydroxylation is 1. The highest BCUT2D eigenvalue weighted by Crippen LogP contribution is 2.27. The third kappa shape index (κ3) is 3.62. The minimum atomic E-state index is -0.945. The van der Waals surface area contributed by atoms with Gasteiger partial charge in [-0.3, -0.25) is 9.48 Å². The van der Waals surface area contributed by atoms with Gasteiger partial charge in [-0.15, -0.1) is 0 Å².